The molecule has 2 aromatic heterocycles. The van der Waals surface area contributed by atoms with Crippen molar-refractivity contribution in [2.24, 2.45) is 0 Å². The van der Waals surface area contributed by atoms with Gasteiger partial charge in [-0.05, 0) is 74.2 Å². The molecule has 6 nitrogen and oxygen atoms in total. The van der Waals surface area contributed by atoms with E-state index < -0.39 is 30.9 Å². The third-order valence-electron chi connectivity index (χ3n) is 5.90. The Balaban J connectivity index is 1.73. The highest BCUT2D eigenvalue weighted by Gasteiger charge is 2.37. The standard InChI is InChI=1S/C24H21FN2O4S2/c1-15-5-3-4-6-23(15)33(30,31)27-12-11-19-20(13-16(2)26-24(19)27)21-14-18(9-10-22(21)25)32(28,29)17-7-8-17/h3-6,9-14,17H,7-8H2,1-2H3. The van der Waals surface area contributed by atoms with Crippen LogP contribution in [-0.4, -0.2) is 31.0 Å². The van der Waals surface area contributed by atoms with Crippen LogP contribution in [0.1, 0.15) is 24.1 Å². The van der Waals surface area contributed by atoms with Gasteiger partial charge in [0.15, 0.2) is 15.5 Å². The van der Waals surface area contributed by atoms with Crippen molar-refractivity contribution >= 4 is 30.9 Å². The Morgan fingerprint density at radius 2 is 1.67 bits per heavy atom. The van der Waals surface area contributed by atoms with Crippen molar-refractivity contribution < 1.29 is 21.2 Å². The van der Waals surface area contributed by atoms with Crippen LogP contribution >= 0.6 is 0 Å². The van der Waals surface area contributed by atoms with Crippen LogP contribution in [-0.2, 0) is 19.9 Å². The molecule has 0 bridgehead atoms. The largest absolute Gasteiger partial charge is 0.269 e. The van der Waals surface area contributed by atoms with E-state index in [-0.39, 0.29) is 21.0 Å². The van der Waals surface area contributed by atoms with Gasteiger partial charge in [-0.15, -0.1) is 0 Å². The Labute approximate surface area is 191 Å². The van der Waals surface area contributed by atoms with Gasteiger partial charge >= 0.3 is 0 Å². The van der Waals surface area contributed by atoms with Crippen molar-refractivity contribution in [3.05, 3.63) is 77.9 Å². The van der Waals surface area contributed by atoms with E-state index in [1.807, 2.05) is 0 Å². The fourth-order valence-corrected chi connectivity index (χ4v) is 7.25. The Bertz CT molecular complexity index is 1640. The van der Waals surface area contributed by atoms with Crippen LogP contribution in [0.5, 0.6) is 0 Å². The smallest absolute Gasteiger partial charge is 0.234 e. The molecule has 170 valence electrons. The maximum Gasteiger partial charge on any atom is 0.269 e. The topological polar surface area (TPSA) is 86.1 Å². The molecule has 1 saturated carbocycles. The summed E-state index contributed by atoms with van der Waals surface area (Å²) in [6.07, 6.45) is 2.60. The van der Waals surface area contributed by atoms with Gasteiger partial charge in [-0.25, -0.2) is 30.2 Å². The fourth-order valence-electron chi connectivity index (χ4n) is 4.04. The maximum absolute atomic E-state index is 14.9. The number of aromatic nitrogens is 2. The number of pyridine rings is 1. The second-order valence-corrected chi connectivity index (χ2v) is 12.3. The Hall–Kier alpha value is -3.04. The van der Waals surface area contributed by atoms with Crippen molar-refractivity contribution in [3.8, 4) is 11.1 Å². The first-order valence-corrected chi connectivity index (χ1v) is 13.4. The van der Waals surface area contributed by atoms with Crippen LogP contribution in [0.15, 0.2) is 70.6 Å². The highest BCUT2D eigenvalue weighted by atomic mass is 32.2. The minimum Gasteiger partial charge on any atom is -0.234 e. The summed E-state index contributed by atoms with van der Waals surface area (Å²) in [5.41, 5.74) is 1.71. The Morgan fingerprint density at radius 3 is 2.36 bits per heavy atom. The number of hydrogen-bond acceptors (Lipinski definition) is 5. The predicted octanol–water partition coefficient (Wildman–Crippen LogP) is 4.63. The first-order valence-electron chi connectivity index (χ1n) is 10.4. The zero-order valence-corrected chi connectivity index (χ0v) is 19.6. The van der Waals surface area contributed by atoms with Gasteiger partial charge in [0, 0.05) is 22.8 Å². The van der Waals surface area contributed by atoms with Gasteiger partial charge < -0.3 is 0 Å². The molecule has 1 aliphatic carbocycles. The molecule has 2 heterocycles. The SMILES string of the molecule is Cc1cc(-c2cc(S(=O)(=O)C3CC3)ccc2F)c2ccn(S(=O)(=O)c3ccccc3C)c2n1. The summed E-state index contributed by atoms with van der Waals surface area (Å²) in [6, 6.07) is 13.6. The van der Waals surface area contributed by atoms with Crippen molar-refractivity contribution in [1.82, 2.24) is 8.96 Å². The van der Waals surface area contributed by atoms with Gasteiger partial charge in [-0.3, -0.25) is 0 Å². The van der Waals surface area contributed by atoms with E-state index in [2.05, 4.69) is 4.98 Å². The van der Waals surface area contributed by atoms with E-state index in [1.54, 1.807) is 44.2 Å². The molecule has 0 spiro atoms. The van der Waals surface area contributed by atoms with E-state index in [0.717, 1.165) is 10.0 Å². The second kappa shape index (κ2) is 7.50. The first kappa shape index (κ1) is 21.8. The number of halogens is 1. The van der Waals surface area contributed by atoms with Gasteiger partial charge in [0.05, 0.1) is 15.0 Å². The lowest BCUT2D eigenvalue weighted by Gasteiger charge is -2.12. The van der Waals surface area contributed by atoms with E-state index in [4.69, 9.17) is 0 Å². The molecule has 4 aromatic rings. The molecule has 1 aliphatic rings. The average molecular weight is 485 g/mol. The third-order valence-corrected chi connectivity index (χ3v) is 9.99. The maximum atomic E-state index is 14.9. The number of benzene rings is 2. The zero-order valence-electron chi connectivity index (χ0n) is 18.0. The van der Waals surface area contributed by atoms with Crippen molar-refractivity contribution in [2.75, 3.05) is 0 Å². The molecule has 0 radical (unpaired) electrons. The Morgan fingerprint density at radius 1 is 0.939 bits per heavy atom. The molecule has 1 fully saturated rings. The summed E-state index contributed by atoms with van der Waals surface area (Å²) >= 11 is 0. The summed E-state index contributed by atoms with van der Waals surface area (Å²) in [7, 11) is -7.47. The molecular weight excluding hydrogens is 463 g/mol. The molecule has 0 atom stereocenters. The lowest BCUT2D eigenvalue weighted by atomic mass is 10.0. The number of fused-ring (bicyclic) bond motifs is 1. The Kier molecular flexibility index (Phi) is 4.95. The number of nitrogens with zero attached hydrogens (tertiary/aromatic N) is 2. The van der Waals surface area contributed by atoms with Crippen molar-refractivity contribution in [3.63, 3.8) is 0 Å². The minimum absolute atomic E-state index is 0.0657. The predicted molar refractivity (Wildman–Crippen MR) is 124 cm³/mol. The normalized spacial score (nSPS) is 14.6. The summed E-state index contributed by atoms with van der Waals surface area (Å²) in [4.78, 5) is 4.64. The number of rotatable bonds is 5. The number of hydrogen-bond donors (Lipinski definition) is 0. The molecule has 0 amide bonds. The lowest BCUT2D eigenvalue weighted by molar-refractivity contribution is 0.587. The molecule has 0 aliphatic heterocycles. The molecule has 0 saturated heterocycles. The molecule has 5 rings (SSSR count). The monoisotopic (exact) mass is 484 g/mol. The summed E-state index contributed by atoms with van der Waals surface area (Å²) < 4.78 is 68.3. The van der Waals surface area contributed by atoms with E-state index in [9.17, 15) is 21.2 Å². The van der Waals surface area contributed by atoms with Crippen molar-refractivity contribution in [1.29, 1.82) is 0 Å². The molecule has 33 heavy (non-hydrogen) atoms. The van der Waals surface area contributed by atoms with Crippen LogP contribution in [0.25, 0.3) is 22.2 Å². The number of sulfone groups is 1. The van der Waals surface area contributed by atoms with Gasteiger partial charge in [0.1, 0.15) is 5.82 Å². The second-order valence-electron chi connectivity index (χ2n) is 8.32. The van der Waals surface area contributed by atoms with E-state index in [1.165, 1.54) is 24.4 Å². The van der Waals surface area contributed by atoms with Gasteiger partial charge in [0.25, 0.3) is 10.0 Å². The quantitative estimate of drug-likeness (QED) is 0.386. The van der Waals surface area contributed by atoms with Crippen LogP contribution < -0.4 is 0 Å². The molecule has 0 unspecified atom stereocenters. The highest BCUT2D eigenvalue weighted by molar-refractivity contribution is 7.92. The van der Waals surface area contributed by atoms with Gasteiger partial charge in [-0.1, -0.05) is 18.2 Å². The number of aryl methyl sites for hydroxylation is 2. The lowest BCUT2D eigenvalue weighted by Crippen LogP contribution is -2.14. The summed E-state index contributed by atoms with van der Waals surface area (Å²) in [5.74, 6) is -0.592. The van der Waals surface area contributed by atoms with Crippen LogP contribution in [0, 0.1) is 19.7 Å². The zero-order chi connectivity index (χ0) is 23.5. The molecule has 0 N–H and O–H groups in total. The van der Waals surface area contributed by atoms with E-state index >= 15 is 0 Å². The average Bonchev–Trinajstić information content (AvgIpc) is 3.54. The van der Waals surface area contributed by atoms with Crippen LogP contribution in [0.3, 0.4) is 0 Å². The van der Waals surface area contributed by atoms with Crippen LogP contribution in [0.4, 0.5) is 4.39 Å². The van der Waals surface area contributed by atoms with Gasteiger partial charge in [-0.2, -0.15) is 0 Å². The first-order chi connectivity index (χ1) is 15.6. The van der Waals surface area contributed by atoms with Gasteiger partial charge in [0.2, 0.25) is 0 Å². The van der Waals surface area contributed by atoms with Crippen LogP contribution in [0.2, 0.25) is 0 Å². The summed E-state index contributed by atoms with van der Waals surface area (Å²) in [5, 5.41) is -0.00651. The molecule has 9 heteroatoms. The highest BCUT2D eigenvalue weighted by Crippen LogP contribution is 2.38. The fraction of sp³-hybridized carbons (Fsp3) is 0.208. The minimum atomic E-state index is -3.95. The molecule has 2 aromatic carbocycles. The van der Waals surface area contributed by atoms with Crippen molar-refractivity contribution in [2.45, 2.75) is 41.7 Å². The molecular formula is C24H21FN2O4S2. The third kappa shape index (κ3) is 3.55. The summed E-state index contributed by atoms with van der Waals surface area (Å²) in [6.45, 7) is 3.40. The van der Waals surface area contributed by atoms with E-state index in [0.29, 0.717) is 35.0 Å².